The molecule has 0 unspecified atom stereocenters. The molecule has 4 aromatic rings. The topological polar surface area (TPSA) is 62.3 Å². The number of anilines is 2. The largest absolute Gasteiger partial charge is 0.318 e. The Morgan fingerprint density at radius 1 is 1.00 bits per heavy atom. The number of aromatic nitrogens is 1. The van der Waals surface area contributed by atoms with E-state index in [0.29, 0.717) is 17.9 Å². The van der Waals surface area contributed by atoms with Gasteiger partial charge in [0.2, 0.25) is 0 Å². The van der Waals surface area contributed by atoms with Crippen molar-refractivity contribution in [2.24, 2.45) is 0 Å². The molecule has 3 aromatic carbocycles. The minimum atomic E-state index is -0.663. The van der Waals surface area contributed by atoms with Crippen molar-refractivity contribution in [2.75, 3.05) is 16.8 Å². The van der Waals surface area contributed by atoms with Crippen molar-refractivity contribution in [3.05, 3.63) is 78.4 Å². The van der Waals surface area contributed by atoms with Crippen molar-refractivity contribution < 1.29 is 9.59 Å². The van der Waals surface area contributed by atoms with Gasteiger partial charge in [0.15, 0.2) is 0 Å². The maximum Gasteiger partial charge on any atom is 0.316 e. The van der Waals surface area contributed by atoms with E-state index in [0.717, 1.165) is 20.8 Å². The molecule has 4 rings (SSSR count). The van der Waals surface area contributed by atoms with Crippen molar-refractivity contribution in [1.82, 2.24) is 4.98 Å². The van der Waals surface area contributed by atoms with Crippen LogP contribution in [0.5, 0.6) is 0 Å². The summed E-state index contributed by atoms with van der Waals surface area (Å²) in [5.74, 6) is -1.25. The number of para-hydroxylation sites is 1. The lowest BCUT2D eigenvalue weighted by molar-refractivity contribution is -0.134. The maximum absolute atomic E-state index is 12.6. The van der Waals surface area contributed by atoms with Crippen LogP contribution in [0.1, 0.15) is 12.5 Å². The average molecular weight is 416 g/mol. The first-order chi connectivity index (χ1) is 14.5. The van der Waals surface area contributed by atoms with Crippen LogP contribution in [0.25, 0.3) is 20.8 Å². The molecule has 1 aromatic heterocycles. The van der Waals surface area contributed by atoms with Gasteiger partial charge in [0.05, 0.1) is 10.2 Å². The summed E-state index contributed by atoms with van der Waals surface area (Å²) >= 11 is 1.63. The Morgan fingerprint density at radius 3 is 2.43 bits per heavy atom. The minimum Gasteiger partial charge on any atom is -0.318 e. The Kier molecular flexibility index (Phi) is 5.59. The number of hydrogen-bond acceptors (Lipinski definition) is 4. The first kappa shape index (κ1) is 19.8. The molecule has 30 heavy (non-hydrogen) atoms. The van der Waals surface area contributed by atoms with E-state index in [1.807, 2.05) is 55.5 Å². The summed E-state index contributed by atoms with van der Waals surface area (Å²) < 4.78 is 1.15. The van der Waals surface area contributed by atoms with E-state index in [1.165, 1.54) is 10.5 Å². The van der Waals surface area contributed by atoms with E-state index in [2.05, 4.69) is 29.4 Å². The second-order valence-electron chi connectivity index (χ2n) is 6.91. The molecule has 0 bridgehead atoms. The number of nitrogens with one attached hydrogen (secondary N) is 1. The van der Waals surface area contributed by atoms with Crippen LogP contribution in [0.2, 0.25) is 0 Å². The van der Waals surface area contributed by atoms with Crippen LogP contribution in [0.3, 0.4) is 0 Å². The third-order valence-electron chi connectivity index (χ3n) is 4.76. The Balaban J connectivity index is 1.48. The highest BCUT2D eigenvalue weighted by Gasteiger charge is 2.22. The number of hydrogen-bond donors (Lipinski definition) is 1. The Hall–Kier alpha value is -3.51. The highest BCUT2D eigenvalue weighted by atomic mass is 32.1. The van der Waals surface area contributed by atoms with Crippen molar-refractivity contribution in [3.8, 4) is 10.6 Å². The molecular formula is C24H21N3O2S. The zero-order chi connectivity index (χ0) is 21.1. The van der Waals surface area contributed by atoms with Gasteiger partial charge in [0, 0.05) is 23.5 Å². The number of benzene rings is 3. The van der Waals surface area contributed by atoms with E-state index in [1.54, 1.807) is 23.5 Å². The van der Waals surface area contributed by atoms with Gasteiger partial charge in [-0.25, -0.2) is 4.98 Å². The smallest absolute Gasteiger partial charge is 0.316 e. The normalized spacial score (nSPS) is 10.7. The second kappa shape index (κ2) is 8.47. The van der Waals surface area contributed by atoms with E-state index < -0.39 is 11.8 Å². The minimum absolute atomic E-state index is 0.409. The number of carbonyl (C=O) groups excluding carboxylic acids is 2. The molecule has 5 nitrogen and oxygen atoms in total. The van der Waals surface area contributed by atoms with Gasteiger partial charge in [-0.3, -0.25) is 9.59 Å². The molecule has 6 heteroatoms. The number of likely N-dealkylation sites (N-methyl/N-ethyl adjacent to an activating group) is 1. The number of amides is 2. The highest BCUT2D eigenvalue weighted by molar-refractivity contribution is 7.21. The number of nitrogens with zero attached hydrogens (tertiary/aromatic N) is 2. The van der Waals surface area contributed by atoms with E-state index >= 15 is 0 Å². The first-order valence-corrected chi connectivity index (χ1v) is 10.5. The van der Waals surface area contributed by atoms with Crippen LogP contribution in [0.15, 0.2) is 72.8 Å². The number of carbonyl (C=O) groups is 2. The number of thiazole rings is 1. The van der Waals surface area contributed by atoms with Gasteiger partial charge in [-0.2, -0.15) is 0 Å². The first-order valence-electron chi connectivity index (χ1n) is 9.70. The maximum atomic E-state index is 12.6. The van der Waals surface area contributed by atoms with E-state index in [9.17, 15) is 9.59 Å². The van der Waals surface area contributed by atoms with Crippen molar-refractivity contribution in [2.45, 2.75) is 13.8 Å². The molecule has 1 N–H and O–H groups in total. The predicted molar refractivity (Wildman–Crippen MR) is 123 cm³/mol. The average Bonchev–Trinajstić information content (AvgIpc) is 3.18. The van der Waals surface area contributed by atoms with Gasteiger partial charge in [0.25, 0.3) is 0 Å². The van der Waals surface area contributed by atoms with Gasteiger partial charge in [-0.1, -0.05) is 24.3 Å². The van der Waals surface area contributed by atoms with Gasteiger partial charge < -0.3 is 10.2 Å². The Bertz CT molecular complexity index is 1200. The summed E-state index contributed by atoms with van der Waals surface area (Å²) in [7, 11) is 0. The number of rotatable bonds is 4. The summed E-state index contributed by atoms with van der Waals surface area (Å²) in [5, 5.41) is 3.61. The van der Waals surface area contributed by atoms with Gasteiger partial charge >= 0.3 is 11.8 Å². The van der Waals surface area contributed by atoms with Gasteiger partial charge in [0.1, 0.15) is 5.01 Å². The molecule has 0 fully saturated rings. The Labute approximate surface area is 179 Å². The fourth-order valence-electron chi connectivity index (χ4n) is 3.21. The molecule has 0 aliphatic rings. The monoisotopic (exact) mass is 415 g/mol. The lowest BCUT2D eigenvalue weighted by Crippen LogP contribution is -2.39. The molecule has 0 atom stereocenters. The zero-order valence-electron chi connectivity index (χ0n) is 16.8. The fraction of sp³-hybridized carbons (Fsp3) is 0.125. The van der Waals surface area contributed by atoms with Gasteiger partial charge in [-0.15, -0.1) is 11.3 Å². The lowest BCUT2D eigenvalue weighted by atomic mass is 10.2. The van der Waals surface area contributed by atoms with Gasteiger partial charge in [-0.05, 0) is 67.9 Å². The van der Waals surface area contributed by atoms with E-state index in [4.69, 9.17) is 0 Å². The lowest BCUT2D eigenvalue weighted by Gasteiger charge is -2.20. The molecule has 0 radical (unpaired) electrons. The molecule has 150 valence electrons. The molecule has 0 spiro atoms. The fourth-order valence-corrected chi connectivity index (χ4v) is 4.28. The summed E-state index contributed by atoms with van der Waals surface area (Å²) in [6.45, 7) is 4.31. The molecule has 0 aliphatic carbocycles. The zero-order valence-corrected chi connectivity index (χ0v) is 17.6. The third-order valence-corrected chi connectivity index (χ3v) is 5.82. The standard InChI is InChI=1S/C24H21N3O2S/c1-3-27(19-7-5-4-6-8-19)24(29)22(28)25-18-12-10-17(11-13-18)23-26-20-14-9-16(2)15-21(20)30-23/h4-15H,3H2,1-2H3,(H,25,28). The predicted octanol–water partition coefficient (Wildman–Crippen LogP) is 5.26. The molecule has 1 heterocycles. The van der Waals surface area contributed by atoms with Crippen LogP contribution in [-0.4, -0.2) is 23.3 Å². The summed E-state index contributed by atoms with van der Waals surface area (Å²) in [5.41, 5.74) is 4.42. The van der Waals surface area contributed by atoms with Crippen LogP contribution >= 0.6 is 11.3 Å². The number of aryl methyl sites for hydroxylation is 1. The molecule has 2 amide bonds. The van der Waals surface area contributed by atoms with Crippen LogP contribution < -0.4 is 10.2 Å². The van der Waals surface area contributed by atoms with Crippen LogP contribution in [0, 0.1) is 6.92 Å². The molecule has 0 saturated heterocycles. The molecule has 0 aliphatic heterocycles. The van der Waals surface area contributed by atoms with E-state index in [-0.39, 0.29) is 0 Å². The van der Waals surface area contributed by atoms with Crippen molar-refractivity contribution >= 4 is 44.7 Å². The van der Waals surface area contributed by atoms with Crippen LogP contribution in [0.4, 0.5) is 11.4 Å². The second-order valence-corrected chi connectivity index (χ2v) is 7.94. The summed E-state index contributed by atoms with van der Waals surface area (Å²) in [6.07, 6.45) is 0. The van der Waals surface area contributed by atoms with Crippen molar-refractivity contribution in [1.29, 1.82) is 0 Å². The van der Waals surface area contributed by atoms with Crippen LogP contribution in [-0.2, 0) is 9.59 Å². The third kappa shape index (κ3) is 4.09. The Morgan fingerprint density at radius 2 is 1.73 bits per heavy atom. The highest BCUT2D eigenvalue weighted by Crippen LogP contribution is 2.31. The molecule has 0 saturated carbocycles. The summed E-state index contributed by atoms with van der Waals surface area (Å²) in [6, 6.07) is 22.8. The van der Waals surface area contributed by atoms with Crippen molar-refractivity contribution in [3.63, 3.8) is 0 Å². The quantitative estimate of drug-likeness (QED) is 0.462. The summed E-state index contributed by atoms with van der Waals surface area (Å²) in [4.78, 5) is 31.2. The SMILES string of the molecule is CCN(C(=O)C(=O)Nc1ccc(-c2nc3ccc(C)cc3s2)cc1)c1ccccc1. The number of fused-ring (bicyclic) bond motifs is 1. The molecular weight excluding hydrogens is 394 g/mol.